The normalized spacial score (nSPS) is 20.4. The van der Waals surface area contributed by atoms with Crippen molar-refractivity contribution < 1.29 is 46.6 Å². The minimum absolute atomic E-state index is 0.0960. The first-order valence-corrected chi connectivity index (χ1v) is 19.1. The van der Waals surface area contributed by atoms with Gasteiger partial charge in [0.2, 0.25) is 11.8 Å². The number of thiophene rings is 1. The minimum Gasteiger partial charge on any atom is -0.367 e. The molecule has 3 aromatic carbocycles. The van der Waals surface area contributed by atoms with E-state index in [4.69, 9.17) is 4.74 Å². The Hall–Kier alpha value is -4.07. The second-order valence-electron chi connectivity index (χ2n) is 14.5. The third-order valence-electron chi connectivity index (χ3n) is 9.70. The first-order valence-electron chi connectivity index (χ1n) is 16.6. The molecule has 0 saturated carbocycles. The minimum atomic E-state index is -5.80. The van der Waals surface area contributed by atoms with Gasteiger partial charge in [-0.2, -0.15) is 8.78 Å². The summed E-state index contributed by atoms with van der Waals surface area (Å²) >= 11 is 0.976. The van der Waals surface area contributed by atoms with Crippen molar-refractivity contribution in [2.45, 2.75) is 64.0 Å². The van der Waals surface area contributed by atoms with Gasteiger partial charge in [-0.25, -0.2) is 4.39 Å². The number of amides is 3. The van der Waals surface area contributed by atoms with Crippen LogP contribution in [0, 0.1) is 11.2 Å². The number of alkyl halides is 2. The Morgan fingerprint density at radius 2 is 1.69 bits per heavy atom. The van der Waals surface area contributed by atoms with Crippen LogP contribution in [-0.4, -0.2) is 69.1 Å². The molecule has 0 spiro atoms. The van der Waals surface area contributed by atoms with E-state index in [0.29, 0.717) is 10.3 Å². The van der Waals surface area contributed by atoms with Crippen molar-refractivity contribution in [1.29, 1.82) is 0 Å². The zero-order chi connectivity index (χ0) is 37.8. The molecule has 1 fully saturated rings. The molecule has 0 aliphatic carbocycles. The number of rotatable bonds is 7. The highest BCUT2D eigenvalue weighted by atomic mass is 32.1. The SMILES string of the molecule is CC1(c2ccc(F)cc2)CN(C(=O)[C@@H]2Cc3ccccc3CN2C(=O)C(NC(=O)c2cc3cc(C(F)(F)P(=O)(O)O)ccc3s2)C(C)(C)C)CCO1. The van der Waals surface area contributed by atoms with Gasteiger partial charge in [-0.15, -0.1) is 11.3 Å². The molecule has 0 bridgehead atoms. The molecule has 1 aromatic heterocycles. The topological polar surface area (TPSA) is 136 Å². The van der Waals surface area contributed by atoms with Crippen LogP contribution in [-0.2, 0) is 43.1 Å². The van der Waals surface area contributed by atoms with Crippen LogP contribution < -0.4 is 5.32 Å². The molecule has 3 amide bonds. The molecule has 3 atom stereocenters. The van der Waals surface area contributed by atoms with Crippen molar-refractivity contribution in [1.82, 2.24) is 15.1 Å². The lowest BCUT2D eigenvalue weighted by Gasteiger charge is -2.45. The van der Waals surface area contributed by atoms with Gasteiger partial charge in [-0.05, 0) is 64.7 Å². The highest BCUT2D eigenvalue weighted by Gasteiger charge is 2.50. The van der Waals surface area contributed by atoms with E-state index in [1.165, 1.54) is 29.2 Å². The number of benzene rings is 3. The fourth-order valence-corrected chi connectivity index (χ4v) is 8.17. The van der Waals surface area contributed by atoms with Crippen LogP contribution in [0.1, 0.15) is 59.6 Å². The van der Waals surface area contributed by atoms with Crippen molar-refractivity contribution in [3.63, 3.8) is 0 Å². The number of morpholine rings is 1. The Labute approximate surface area is 302 Å². The van der Waals surface area contributed by atoms with Crippen molar-refractivity contribution in [2.75, 3.05) is 19.7 Å². The summed E-state index contributed by atoms with van der Waals surface area (Å²) in [5, 5.41) is 3.01. The van der Waals surface area contributed by atoms with E-state index in [1.807, 2.05) is 31.2 Å². The van der Waals surface area contributed by atoms with Crippen molar-refractivity contribution in [3.05, 3.63) is 106 Å². The fourth-order valence-electron chi connectivity index (χ4n) is 6.75. The largest absolute Gasteiger partial charge is 0.399 e. The standard InChI is InChI=1S/C37H39F3N3O7PS/c1-35(2,3)31(41-32(44)30-19-24-17-26(11-14-29(24)52-30)37(39,40)51(47,48)49)34(46)43-20-23-8-6-5-7-22(23)18-28(43)33(45)42-15-16-50-36(4,21-42)25-9-12-27(38)13-10-25/h5-14,17,19,28,31H,15-16,18,20-21H2,1-4H3,(H,41,44)(H2,47,48,49)/t28-,31?,36?/m0/s1. The van der Waals surface area contributed by atoms with E-state index < -0.39 is 59.6 Å². The Morgan fingerprint density at radius 1 is 1.02 bits per heavy atom. The molecule has 4 aromatic rings. The number of halogens is 3. The van der Waals surface area contributed by atoms with E-state index >= 15 is 0 Å². The molecule has 276 valence electrons. The number of nitrogens with zero attached hydrogens (tertiary/aromatic N) is 2. The molecule has 52 heavy (non-hydrogen) atoms. The summed E-state index contributed by atoms with van der Waals surface area (Å²) in [6, 6.07) is 15.9. The maximum absolute atomic E-state index is 14.6. The second-order valence-corrected chi connectivity index (χ2v) is 17.3. The molecule has 1 saturated heterocycles. The van der Waals surface area contributed by atoms with Gasteiger partial charge in [0.05, 0.1) is 18.0 Å². The molecule has 2 unspecified atom stereocenters. The Balaban J connectivity index is 1.28. The van der Waals surface area contributed by atoms with Gasteiger partial charge >= 0.3 is 13.3 Å². The zero-order valence-electron chi connectivity index (χ0n) is 28.9. The van der Waals surface area contributed by atoms with E-state index in [9.17, 15) is 41.9 Å². The average molecular weight is 758 g/mol. The van der Waals surface area contributed by atoms with E-state index in [-0.39, 0.29) is 48.8 Å². The van der Waals surface area contributed by atoms with Crippen LogP contribution >= 0.6 is 18.9 Å². The summed E-state index contributed by atoms with van der Waals surface area (Å²) in [4.78, 5) is 64.5. The van der Waals surface area contributed by atoms with Gasteiger partial charge in [-0.1, -0.05) is 63.2 Å². The van der Waals surface area contributed by atoms with Crippen LogP contribution in [0.3, 0.4) is 0 Å². The second kappa shape index (κ2) is 13.7. The maximum atomic E-state index is 14.6. The first-order chi connectivity index (χ1) is 24.3. The van der Waals surface area contributed by atoms with Crippen LogP contribution in [0.5, 0.6) is 0 Å². The molecule has 6 rings (SSSR count). The van der Waals surface area contributed by atoms with Crippen LogP contribution in [0.2, 0.25) is 0 Å². The molecular formula is C37H39F3N3O7PS. The monoisotopic (exact) mass is 757 g/mol. The van der Waals surface area contributed by atoms with E-state index in [2.05, 4.69) is 5.32 Å². The highest BCUT2D eigenvalue weighted by molar-refractivity contribution is 7.52. The summed E-state index contributed by atoms with van der Waals surface area (Å²) in [6.45, 7) is 7.97. The van der Waals surface area contributed by atoms with Gasteiger partial charge < -0.3 is 29.6 Å². The molecule has 2 aliphatic rings. The quantitative estimate of drug-likeness (QED) is 0.193. The van der Waals surface area contributed by atoms with Gasteiger partial charge in [0, 0.05) is 29.8 Å². The summed E-state index contributed by atoms with van der Waals surface area (Å²) < 4.78 is 60.5. The molecule has 3 N–H and O–H groups in total. The predicted molar refractivity (Wildman–Crippen MR) is 189 cm³/mol. The number of fused-ring (bicyclic) bond motifs is 2. The van der Waals surface area contributed by atoms with Gasteiger partial charge in [0.1, 0.15) is 23.5 Å². The number of nitrogens with one attached hydrogen (secondary N) is 1. The molecule has 2 aliphatic heterocycles. The highest BCUT2D eigenvalue weighted by Crippen LogP contribution is 2.59. The lowest BCUT2D eigenvalue weighted by molar-refractivity contribution is -0.160. The summed E-state index contributed by atoms with van der Waals surface area (Å²) in [5.41, 5.74) is -4.57. The Bertz CT molecular complexity index is 2080. The van der Waals surface area contributed by atoms with Gasteiger partial charge in [-0.3, -0.25) is 18.9 Å². The van der Waals surface area contributed by atoms with E-state index in [1.54, 1.807) is 37.8 Å². The van der Waals surface area contributed by atoms with E-state index in [0.717, 1.165) is 34.6 Å². The number of ether oxygens (including phenoxy) is 1. The lowest BCUT2D eigenvalue weighted by Crippen LogP contribution is -2.62. The van der Waals surface area contributed by atoms with Crippen LogP contribution in [0.25, 0.3) is 10.1 Å². The van der Waals surface area contributed by atoms with Crippen LogP contribution in [0.4, 0.5) is 13.2 Å². The Kier molecular flexibility index (Phi) is 9.95. The third-order valence-corrected chi connectivity index (χ3v) is 11.8. The summed E-state index contributed by atoms with van der Waals surface area (Å²) in [7, 11) is -5.80. The third kappa shape index (κ3) is 7.27. The number of carbonyl (C=O) groups is 3. The molecule has 15 heteroatoms. The Morgan fingerprint density at radius 3 is 2.35 bits per heavy atom. The predicted octanol–water partition coefficient (Wildman–Crippen LogP) is 6.14. The van der Waals surface area contributed by atoms with Crippen molar-refractivity contribution in [2.24, 2.45) is 5.41 Å². The van der Waals surface area contributed by atoms with Gasteiger partial charge in [0.25, 0.3) is 5.91 Å². The zero-order valence-corrected chi connectivity index (χ0v) is 30.6. The molecule has 10 nitrogen and oxygen atoms in total. The lowest BCUT2D eigenvalue weighted by atomic mass is 9.84. The van der Waals surface area contributed by atoms with Crippen molar-refractivity contribution >= 4 is 46.7 Å². The molecule has 0 radical (unpaired) electrons. The summed E-state index contributed by atoms with van der Waals surface area (Å²) in [6.07, 6.45) is 0.244. The smallest absolute Gasteiger partial charge is 0.367 e. The fraction of sp³-hybridized carbons (Fsp3) is 0.378. The molecular weight excluding hydrogens is 718 g/mol. The first kappa shape index (κ1) is 37.7. The van der Waals surface area contributed by atoms with Crippen molar-refractivity contribution in [3.8, 4) is 0 Å². The molecule has 3 heterocycles. The number of hydrogen-bond donors (Lipinski definition) is 3. The van der Waals surface area contributed by atoms with Gasteiger partial charge in [0.15, 0.2) is 0 Å². The maximum Gasteiger partial charge on any atom is 0.399 e. The summed E-state index contributed by atoms with van der Waals surface area (Å²) in [5.74, 6) is -1.81. The van der Waals surface area contributed by atoms with Crippen LogP contribution in [0.15, 0.2) is 72.8 Å². The number of carbonyl (C=O) groups excluding carboxylic acids is 3. The number of hydrogen-bond acceptors (Lipinski definition) is 6. The average Bonchev–Trinajstić information content (AvgIpc) is 3.52.